The lowest BCUT2D eigenvalue weighted by Gasteiger charge is -2.31. The van der Waals surface area contributed by atoms with Crippen LogP contribution in [0.1, 0.15) is 19.3 Å². The quantitative estimate of drug-likeness (QED) is 0.660. The van der Waals surface area contributed by atoms with Crippen LogP contribution in [0.2, 0.25) is 0 Å². The third-order valence-electron chi connectivity index (χ3n) is 3.13. The Balaban J connectivity index is 2.38. The van der Waals surface area contributed by atoms with Gasteiger partial charge in [-0.25, -0.2) is 8.42 Å². The third kappa shape index (κ3) is 2.75. The predicted octanol–water partition coefficient (Wildman–Crippen LogP) is 1.05. The summed E-state index contributed by atoms with van der Waals surface area (Å²) >= 11 is 0. The summed E-state index contributed by atoms with van der Waals surface area (Å²) in [7, 11) is -3.76. The van der Waals surface area contributed by atoms with Crippen LogP contribution in [0.3, 0.4) is 0 Å². The van der Waals surface area contributed by atoms with Crippen molar-refractivity contribution in [2.45, 2.75) is 30.3 Å². The fraction of sp³-hybridized carbons (Fsp3) is 0.455. The van der Waals surface area contributed by atoms with Gasteiger partial charge in [0.15, 0.2) is 0 Å². The van der Waals surface area contributed by atoms with Gasteiger partial charge >= 0.3 is 0 Å². The number of nitro benzene ring substituents is 1. The maximum absolute atomic E-state index is 12.4. The minimum Gasteiger partial charge on any atom is -0.315 e. The Bertz CT molecular complexity index is 587. The second-order valence-corrected chi connectivity index (χ2v) is 6.32. The van der Waals surface area contributed by atoms with E-state index in [0.29, 0.717) is 13.0 Å². The van der Waals surface area contributed by atoms with E-state index in [0.717, 1.165) is 18.9 Å². The van der Waals surface area contributed by atoms with Gasteiger partial charge in [-0.05, 0) is 25.3 Å². The number of sulfonamides is 1. The molecule has 1 aromatic carbocycles. The Morgan fingerprint density at radius 2 is 2.11 bits per heavy atom. The van der Waals surface area contributed by atoms with Crippen molar-refractivity contribution in [1.29, 1.82) is 0 Å². The smallest absolute Gasteiger partial charge is 0.270 e. The molecule has 1 aromatic rings. The number of piperidine rings is 1. The summed E-state index contributed by atoms with van der Waals surface area (Å²) in [4.78, 5) is 9.99. The average molecular weight is 285 g/mol. The van der Waals surface area contributed by atoms with Gasteiger partial charge in [0.2, 0.25) is 10.0 Å². The molecule has 1 unspecified atom stereocenters. The van der Waals surface area contributed by atoms with Crippen molar-refractivity contribution in [2.75, 3.05) is 6.54 Å². The predicted molar refractivity (Wildman–Crippen MR) is 68.8 cm³/mol. The van der Waals surface area contributed by atoms with E-state index in [1.54, 1.807) is 0 Å². The van der Waals surface area contributed by atoms with Gasteiger partial charge in [-0.3, -0.25) is 10.1 Å². The third-order valence-corrected chi connectivity index (χ3v) is 5.05. The fourth-order valence-corrected chi connectivity index (χ4v) is 3.74. The van der Waals surface area contributed by atoms with Gasteiger partial charge in [-0.1, -0.05) is 6.07 Å². The second-order valence-electron chi connectivity index (χ2n) is 4.43. The van der Waals surface area contributed by atoms with Crippen LogP contribution in [-0.4, -0.2) is 30.4 Å². The molecule has 0 aromatic heterocycles. The van der Waals surface area contributed by atoms with Gasteiger partial charge in [0.05, 0.1) is 16.0 Å². The molecule has 8 heteroatoms. The highest BCUT2D eigenvalue weighted by Crippen LogP contribution is 2.25. The molecule has 1 aliphatic rings. The first-order chi connectivity index (χ1) is 8.93. The van der Waals surface area contributed by atoms with Crippen LogP contribution in [0.15, 0.2) is 29.2 Å². The molecule has 1 saturated heterocycles. The van der Waals surface area contributed by atoms with Crippen LogP contribution < -0.4 is 5.73 Å². The Hall–Kier alpha value is -1.51. The molecule has 1 fully saturated rings. The van der Waals surface area contributed by atoms with Gasteiger partial charge in [-0.2, -0.15) is 4.31 Å². The van der Waals surface area contributed by atoms with E-state index in [-0.39, 0.29) is 10.6 Å². The summed E-state index contributed by atoms with van der Waals surface area (Å²) in [6.45, 7) is 0.353. The summed E-state index contributed by atoms with van der Waals surface area (Å²) in [5, 5.41) is 10.7. The summed E-state index contributed by atoms with van der Waals surface area (Å²) in [6.07, 6.45) is 1.69. The van der Waals surface area contributed by atoms with Crippen LogP contribution in [-0.2, 0) is 10.0 Å². The zero-order valence-electron chi connectivity index (χ0n) is 10.2. The van der Waals surface area contributed by atoms with Crippen LogP contribution in [0.5, 0.6) is 0 Å². The lowest BCUT2D eigenvalue weighted by molar-refractivity contribution is -0.385. The molecular weight excluding hydrogens is 270 g/mol. The van der Waals surface area contributed by atoms with Crippen molar-refractivity contribution in [1.82, 2.24) is 4.31 Å². The lowest BCUT2D eigenvalue weighted by Crippen LogP contribution is -2.48. The SMILES string of the molecule is NC1CCCCN1S(=O)(=O)c1cccc([N+](=O)[O-])c1. The number of hydrogen-bond donors (Lipinski definition) is 1. The Kier molecular flexibility index (Phi) is 3.83. The van der Waals surface area contributed by atoms with E-state index < -0.39 is 21.1 Å². The molecule has 19 heavy (non-hydrogen) atoms. The lowest BCUT2D eigenvalue weighted by atomic mass is 10.1. The maximum atomic E-state index is 12.4. The summed E-state index contributed by atoms with van der Waals surface area (Å²) < 4.78 is 26.0. The number of hydrogen-bond acceptors (Lipinski definition) is 5. The molecule has 0 spiro atoms. The molecular formula is C11H15N3O4S. The zero-order valence-corrected chi connectivity index (χ0v) is 11.0. The minimum atomic E-state index is -3.76. The maximum Gasteiger partial charge on any atom is 0.270 e. The molecule has 1 aliphatic heterocycles. The number of nitrogens with two attached hydrogens (primary N) is 1. The van der Waals surface area contributed by atoms with Gasteiger partial charge < -0.3 is 5.73 Å². The number of nitro groups is 1. The molecule has 1 heterocycles. The molecule has 0 bridgehead atoms. The standard InChI is InChI=1S/C11H15N3O4S/c12-11-6-1-2-7-13(11)19(17,18)10-5-3-4-9(8-10)14(15)16/h3-5,8,11H,1-2,6-7,12H2. The van der Waals surface area contributed by atoms with Crippen LogP contribution in [0.4, 0.5) is 5.69 Å². The van der Waals surface area contributed by atoms with Crippen molar-refractivity contribution in [3.8, 4) is 0 Å². The molecule has 2 rings (SSSR count). The largest absolute Gasteiger partial charge is 0.315 e. The van der Waals surface area contributed by atoms with E-state index in [4.69, 9.17) is 5.73 Å². The van der Waals surface area contributed by atoms with Gasteiger partial charge in [0.1, 0.15) is 0 Å². The summed E-state index contributed by atoms with van der Waals surface area (Å²) in [6, 6.07) is 5.04. The summed E-state index contributed by atoms with van der Waals surface area (Å²) in [5.74, 6) is 0. The first kappa shape index (κ1) is 13.9. The topological polar surface area (TPSA) is 107 Å². The highest BCUT2D eigenvalue weighted by atomic mass is 32.2. The van der Waals surface area contributed by atoms with Crippen LogP contribution in [0, 0.1) is 10.1 Å². The molecule has 0 radical (unpaired) electrons. The molecule has 2 N–H and O–H groups in total. The number of benzene rings is 1. The van der Waals surface area contributed by atoms with Crippen LogP contribution in [0.25, 0.3) is 0 Å². The van der Waals surface area contributed by atoms with Gasteiger partial charge in [-0.15, -0.1) is 0 Å². The average Bonchev–Trinajstić information content (AvgIpc) is 2.39. The van der Waals surface area contributed by atoms with E-state index >= 15 is 0 Å². The van der Waals surface area contributed by atoms with Crippen molar-refractivity contribution in [3.63, 3.8) is 0 Å². The zero-order chi connectivity index (χ0) is 14.0. The van der Waals surface area contributed by atoms with Gasteiger partial charge in [0.25, 0.3) is 5.69 Å². The van der Waals surface area contributed by atoms with Crippen molar-refractivity contribution in [2.24, 2.45) is 5.73 Å². The number of nitrogens with zero attached hydrogens (tertiary/aromatic N) is 2. The number of rotatable bonds is 3. The molecule has 0 aliphatic carbocycles. The van der Waals surface area contributed by atoms with E-state index in [1.165, 1.54) is 22.5 Å². The van der Waals surface area contributed by atoms with E-state index in [1.807, 2.05) is 0 Å². The Morgan fingerprint density at radius 3 is 2.74 bits per heavy atom. The summed E-state index contributed by atoms with van der Waals surface area (Å²) in [5.41, 5.74) is 5.57. The normalized spacial score (nSPS) is 21.2. The fourth-order valence-electron chi connectivity index (χ4n) is 2.12. The molecule has 1 atom stereocenters. The molecule has 104 valence electrons. The molecule has 0 saturated carbocycles. The Labute approximate surface area is 111 Å². The molecule has 0 amide bonds. The monoisotopic (exact) mass is 285 g/mol. The molecule has 7 nitrogen and oxygen atoms in total. The van der Waals surface area contributed by atoms with Crippen LogP contribution >= 0.6 is 0 Å². The minimum absolute atomic E-state index is 0.0842. The first-order valence-corrected chi connectivity index (χ1v) is 7.39. The van der Waals surface area contributed by atoms with Crippen molar-refractivity contribution >= 4 is 15.7 Å². The van der Waals surface area contributed by atoms with E-state index in [2.05, 4.69) is 0 Å². The first-order valence-electron chi connectivity index (χ1n) is 5.95. The second kappa shape index (κ2) is 5.24. The van der Waals surface area contributed by atoms with Gasteiger partial charge in [0, 0.05) is 18.7 Å². The van der Waals surface area contributed by atoms with E-state index in [9.17, 15) is 18.5 Å². The van der Waals surface area contributed by atoms with Crippen molar-refractivity contribution < 1.29 is 13.3 Å². The number of non-ortho nitro benzene ring substituents is 1. The highest BCUT2D eigenvalue weighted by Gasteiger charge is 2.32. The highest BCUT2D eigenvalue weighted by molar-refractivity contribution is 7.89. The van der Waals surface area contributed by atoms with Crippen molar-refractivity contribution in [3.05, 3.63) is 34.4 Å². The Morgan fingerprint density at radius 1 is 1.37 bits per heavy atom.